The summed E-state index contributed by atoms with van der Waals surface area (Å²) in [6.07, 6.45) is 1.23. The molecule has 0 N–H and O–H groups in total. The summed E-state index contributed by atoms with van der Waals surface area (Å²) in [5.41, 5.74) is 0.392. The van der Waals surface area contributed by atoms with Crippen LogP contribution in [0.4, 0.5) is 0 Å². The Hall–Kier alpha value is 0.759. The Morgan fingerprint density at radius 1 is 1.00 bits per heavy atom. The number of hydrogen-bond donors (Lipinski definition) is 0. The Bertz CT molecular complexity index is 87.6. The van der Waals surface area contributed by atoms with E-state index in [1.165, 1.54) is 6.42 Å². The third-order valence-electron chi connectivity index (χ3n) is 2.48. The zero-order chi connectivity index (χ0) is 8.20. The fourth-order valence-electron chi connectivity index (χ4n) is 1.30. The van der Waals surface area contributed by atoms with E-state index in [0.717, 1.165) is 13.1 Å². The molecule has 2 heteroatoms. The first kappa shape index (κ1) is 14.3. The van der Waals surface area contributed by atoms with E-state index < -0.39 is 0 Å². The molecular formula is C9H23NSn. The number of nitrogens with zero attached hydrogens (tertiary/aromatic N) is 1. The molecule has 0 aromatic rings. The molecule has 0 bridgehead atoms. The van der Waals surface area contributed by atoms with Crippen LogP contribution in [-0.4, -0.2) is 47.4 Å². The molecule has 2 radical (unpaired) electrons. The first-order chi connectivity index (χ1) is 4.58. The van der Waals surface area contributed by atoms with E-state index in [0.29, 0.717) is 5.54 Å². The monoisotopic (exact) mass is 265 g/mol. The second kappa shape index (κ2) is 6.29. The van der Waals surface area contributed by atoms with Crippen LogP contribution in [0.3, 0.4) is 0 Å². The van der Waals surface area contributed by atoms with Crippen molar-refractivity contribution in [3.8, 4) is 0 Å². The van der Waals surface area contributed by atoms with Crippen molar-refractivity contribution in [3.63, 3.8) is 0 Å². The van der Waals surface area contributed by atoms with Crippen molar-refractivity contribution < 1.29 is 0 Å². The van der Waals surface area contributed by atoms with Gasteiger partial charge in [-0.1, -0.05) is 20.8 Å². The van der Waals surface area contributed by atoms with E-state index >= 15 is 0 Å². The van der Waals surface area contributed by atoms with Gasteiger partial charge in [-0.15, -0.1) is 0 Å². The first-order valence-corrected chi connectivity index (χ1v) is 4.33. The summed E-state index contributed by atoms with van der Waals surface area (Å²) in [6, 6.07) is 0. The Morgan fingerprint density at radius 3 is 1.45 bits per heavy atom. The average Bonchev–Trinajstić information content (AvgIpc) is 1.90. The summed E-state index contributed by atoms with van der Waals surface area (Å²) in [6.45, 7) is 13.6. The molecular weight excluding hydrogens is 241 g/mol. The molecule has 0 heterocycles. The normalized spacial score (nSPS) is 11.5. The maximum absolute atomic E-state index is 2.49. The van der Waals surface area contributed by atoms with Gasteiger partial charge in [-0.25, -0.2) is 0 Å². The van der Waals surface area contributed by atoms with Crippen LogP contribution < -0.4 is 0 Å². The van der Waals surface area contributed by atoms with Gasteiger partial charge in [0.1, 0.15) is 0 Å². The fourth-order valence-corrected chi connectivity index (χ4v) is 1.30. The van der Waals surface area contributed by atoms with Gasteiger partial charge in [0.15, 0.2) is 0 Å². The van der Waals surface area contributed by atoms with Gasteiger partial charge in [-0.05, 0) is 33.4 Å². The molecule has 0 aromatic carbocycles. The van der Waals surface area contributed by atoms with Crippen molar-refractivity contribution in [3.05, 3.63) is 0 Å². The van der Waals surface area contributed by atoms with Gasteiger partial charge >= 0.3 is 23.9 Å². The van der Waals surface area contributed by atoms with E-state index in [1.54, 1.807) is 0 Å². The van der Waals surface area contributed by atoms with Crippen LogP contribution in [0.15, 0.2) is 0 Å². The molecule has 68 valence electrons. The van der Waals surface area contributed by atoms with Crippen molar-refractivity contribution >= 4 is 23.9 Å². The molecule has 0 amide bonds. The fraction of sp³-hybridized carbons (Fsp3) is 1.00. The van der Waals surface area contributed by atoms with Crippen LogP contribution in [0.5, 0.6) is 0 Å². The van der Waals surface area contributed by atoms with Gasteiger partial charge in [0.05, 0.1) is 0 Å². The molecule has 0 fully saturated rings. The van der Waals surface area contributed by atoms with Gasteiger partial charge in [-0.2, -0.15) is 0 Å². The molecule has 0 aliphatic carbocycles. The standard InChI is InChI=1S/C9H21N.Sn.2H/c1-6-9(4,5)10(7-2)8-3;;;/h6-8H2,1-5H3;;;. The van der Waals surface area contributed by atoms with Crippen molar-refractivity contribution in [1.82, 2.24) is 4.90 Å². The molecule has 0 aliphatic rings. The Kier molecular flexibility index (Phi) is 8.18. The summed E-state index contributed by atoms with van der Waals surface area (Å²) in [5, 5.41) is 0. The van der Waals surface area contributed by atoms with Crippen LogP contribution >= 0.6 is 0 Å². The molecule has 0 spiro atoms. The minimum absolute atomic E-state index is 0. The topological polar surface area (TPSA) is 3.24 Å². The summed E-state index contributed by atoms with van der Waals surface area (Å²) < 4.78 is 0. The molecule has 0 atom stereocenters. The molecule has 0 aromatic heterocycles. The zero-order valence-electron chi connectivity index (χ0n) is 8.78. The molecule has 1 nitrogen and oxygen atoms in total. The quantitative estimate of drug-likeness (QED) is 0.697. The predicted molar refractivity (Wildman–Crippen MR) is 55.8 cm³/mol. The molecule has 0 saturated carbocycles. The summed E-state index contributed by atoms with van der Waals surface area (Å²) in [7, 11) is 0. The van der Waals surface area contributed by atoms with E-state index in [2.05, 4.69) is 39.5 Å². The molecule has 0 rings (SSSR count). The summed E-state index contributed by atoms with van der Waals surface area (Å²) in [4.78, 5) is 2.49. The first-order valence-electron chi connectivity index (χ1n) is 4.33. The number of rotatable bonds is 4. The van der Waals surface area contributed by atoms with E-state index in [-0.39, 0.29) is 23.9 Å². The van der Waals surface area contributed by atoms with Crippen molar-refractivity contribution in [2.24, 2.45) is 0 Å². The van der Waals surface area contributed by atoms with Gasteiger partial charge in [-0.3, -0.25) is 4.90 Å². The third kappa shape index (κ3) is 4.36. The van der Waals surface area contributed by atoms with E-state index in [4.69, 9.17) is 0 Å². The van der Waals surface area contributed by atoms with Crippen LogP contribution in [0.25, 0.3) is 0 Å². The van der Waals surface area contributed by atoms with Gasteiger partial charge in [0, 0.05) is 5.54 Å². The van der Waals surface area contributed by atoms with E-state index in [9.17, 15) is 0 Å². The van der Waals surface area contributed by atoms with Crippen molar-refractivity contribution in [2.45, 2.75) is 46.6 Å². The van der Waals surface area contributed by atoms with Crippen LogP contribution in [0.1, 0.15) is 41.0 Å². The molecule has 0 aliphatic heterocycles. The van der Waals surface area contributed by atoms with Gasteiger partial charge < -0.3 is 0 Å². The van der Waals surface area contributed by atoms with Crippen molar-refractivity contribution in [2.75, 3.05) is 13.1 Å². The average molecular weight is 264 g/mol. The van der Waals surface area contributed by atoms with Gasteiger partial charge in [0.25, 0.3) is 0 Å². The van der Waals surface area contributed by atoms with Gasteiger partial charge in [0.2, 0.25) is 0 Å². The molecule has 11 heavy (non-hydrogen) atoms. The Morgan fingerprint density at radius 2 is 1.36 bits per heavy atom. The maximum atomic E-state index is 2.49. The predicted octanol–water partition coefficient (Wildman–Crippen LogP) is 1.60. The molecule has 0 saturated heterocycles. The third-order valence-corrected chi connectivity index (χ3v) is 2.48. The zero-order valence-corrected chi connectivity index (χ0v) is 12.8. The minimum atomic E-state index is 0. The molecule has 0 unspecified atom stereocenters. The summed E-state index contributed by atoms with van der Waals surface area (Å²) in [5.74, 6) is 0. The Labute approximate surface area is 88.5 Å². The number of hydrogen-bond acceptors (Lipinski definition) is 1. The van der Waals surface area contributed by atoms with Crippen LogP contribution in [-0.2, 0) is 0 Å². The van der Waals surface area contributed by atoms with Crippen LogP contribution in [0, 0.1) is 0 Å². The second-order valence-electron chi connectivity index (χ2n) is 3.34. The summed E-state index contributed by atoms with van der Waals surface area (Å²) >= 11 is 0. The van der Waals surface area contributed by atoms with Crippen molar-refractivity contribution in [1.29, 1.82) is 0 Å². The SMILES string of the molecule is CCN(CC)C(C)(C)CC.[SnH2]. The Balaban J connectivity index is 0. The second-order valence-corrected chi connectivity index (χ2v) is 3.34. The van der Waals surface area contributed by atoms with E-state index in [1.807, 2.05) is 0 Å². The van der Waals surface area contributed by atoms with Crippen LogP contribution in [0.2, 0.25) is 0 Å².